The molecule has 1 atom stereocenters. The number of pyridine rings is 1. The molecule has 4 heteroatoms. The molecule has 0 aliphatic carbocycles. The van der Waals surface area contributed by atoms with Gasteiger partial charge in [-0.25, -0.2) is 9.97 Å². The van der Waals surface area contributed by atoms with Gasteiger partial charge in [0.25, 0.3) is 0 Å². The van der Waals surface area contributed by atoms with Gasteiger partial charge in [-0.2, -0.15) is 0 Å². The summed E-state index contributed by atoms with van der Waals surface area (Å²) >= 11 is 0. The van der Waals surface area contributed by atoms with Crippen LogP contribution in [0.4, 0.5) is 0 Å². The average molecular weight is 260 g/mol. The Morgan fingerprint density at radius 1 is 1.32 bits per heavy atom. The van der Waals surface area contributed by atoms with E-state index in [9.17, 15) is 0 Å². The molecule has 2 aromatic rings. The van der Waals surface area contributed by atoms with Crippen LogP contribution in [0.1, 0.15) is 46.5 Å². The molecule has 2 rings (SSSR count). The highest BCUT2D eigenvalue weighted by Gasteiger charge is 2.24. The molecule has 0 amide bonds. The Bertz CT molecular complexity index is 563. The zero-order valence-corrected chi connectivity index (χ0v) is 12.5. The quantitative estimate of drug-likeness (QED) is 0.923. The maximum Gasteiger partial charge on any atom is 0.160 e. The minimum atomic E-state index is 0.0768. The normalized spacial score (nSPS) is 14.3. The van der Waals surface area contributed by atoms with Gasteiger partial charge in [-0.3, -0.25) is 0 Å². The predicted molar refractivity (Wildman–Crippen MR) is 79.0 cm³/mol. The highest BCUT2D eigenvalue weighted by atomic mass is 15.1. The van der Waals surface area contributed by atoms with E-state index in [2.05, 4.69) is 44.2 Å². The molecule has 2 aromatic heterocycles. The number of rotatable bonds is 3. The third-order valence-corrected chi connectivity index (χ3v) is 3.55. The Balaban J connectivity index is 2.45. The van der Waals surface area contributed by atoms with Crippen molar-refractivity contribution in [3.05, 3.63) is 24.2 Å². The van der Waals surface area contributed by atoms with Gasteiger partial charge in [-0.1, -0.05) is 20.8 Å². The summed E-state index contributed by atoms with van der Waals surface area (Å²) in [6.07, 6.45) is 2.59. The second-order valence-corrected chi connectivity index (χ2v) is 6.51. The van der Waals surface area contributed by atoms with Crippen LogP contribution < -0.4 is 5.73 Å². The maximum absolute atomic E-state index is 6.30. The molecule has 0 aliphatic heterocycles. The molecular weight excluding hydrogens is 236 g/mol. The summed E-state index contributed by atoms with van der Waals surface area (Å²) in [5.74, 6) is 1.03. The second kappa shape index (κ2) is 4.93. The third kappa shape index (κ3) is 2.78. The Hall–Kier alpha value is -1.42. The summed E-state index contributed by atoms with van der Waals surface area (Å²) in [6, 6.07) is 4.35. The summed E-state index contributed by atoms with van der Waals surface area (Å²) in [5.41, 5.74) is 8.28. The molecule has 0 radical (unpaired) electrons. The molecule has 2 N–H and O–H groups in total. The molecule has 19 heavy (non-hydrogen) atoms. The number of hydrogen-bond acceptors (Lipinski definition) is 3. The fraction of sp³-hybridized carbons (Fsp3) is 0.600. The van der Waals surface area contributed by atoms with E-state index < -0.39 is 0 Å². The van der Waals surface area contributed by atoms with Crippen molar-refractivity contribution >= 4 is 11.2 Å². The fourth-order valence-electron chi connectivity index (χ4n) is 2.17. The first kappa shape index (κ1) is 14.0. The first-order valence-corrected chi connectivity index (χ1v) is 6.88. The van der Waals surface area contributed by atoms with Crippen LogP contribution in [-0.4, -0.2) is 20.6 Å². The lowest BCUT2D eigenvalue weighted by molar-refractivity contribution is 0.311. The molecule has 104 valence electrons. The van der Waals surface area contributed by atoms with E-state index in [1.165, 1.54) is 0 Å². The Morgan fingerprint density at radius 3 is 2.58 bits per heavy atom. The number of fused-ring (bicyclic) bond motifs is 1. The lowest BCUT2D eigenvalue weighted by Crippen LogP contribution is -2.37. The van der Waals surface area contributed by atoms with Crippen LogP contribution in [0.25, 0.3) is 11.2 Å². The maximum atomic E-state index is 6.30. The van der Waals surface area contributed by atoms with Crippen LogP contribution >= 0.6 is 0 Å². The predicted octanol–water partition coefficient (Wildman–Crippen LogP) is 2.93. The number of aromatic nitrogens is 3. The van der Waals surface area contributed by atoms with Crippen LogP contribution in [-0.2, 0) is 6.42 Å². The van der Waals surface area contributed by atoms with E-state index >= 15 is 0 Å². The van der Waals surface area contributed by atoms with Crippen LogP contribution in [0.2, 0.25) is 0 Å². The number of imidazole rings is 1. The van der Waals surface area contributed by atoms with E-state index in [1.54, 1.807) is 0 Å². The van der Waals surface area contributed by atoms with Crippen LogP contribution in [0.3, 0.4) is 0 Å². The highest BCUT2D eigenvalue weighted by Crippen LogP contribution is 2.24. The first-order chi connectivity index (χ1) is 8.80. The minimum absolute atomic E-state index is 0.0768. The zero-order valence-electron chi connectivity index (χ0n) is 12.5. The molecule has 0 fully saturated rings. The van der Waals surface area contributed by atoms with Crippen molar-refractivity contribution in [2.45, 2.75) is 53.1 Å². The van der Waals surface area contributed by atoms with E-state index in [4.69, 9.17) is 10.7 Å². The van der Waals surface area contributed by atoms with Crippen molar-refractivity contribution in [3.8, 4) is 0 Å². The number of nitrogens with zero attached hydrogens (tertiary/aromatic N) is 3. The van der Waals surface area contributed by atoms with Crippen molar-refractivity contribution in [1.82, 2.24) is 14.5 Å². The molecule has 0 spiro atoms. The molecule has 0 saturated carbocycles. The van der Waals surface area contributed by atoms with Gasteiger partial charge < -0.3 is 10.3 Å². The van der Waals surface area contributed by atoms with Crippen molar-refractivity contribution in [1.29, 1.82) is 0 Å². The summed E-state index contributed by atoms with van der Waals surface area (Å²) in [4.78, 5) is 9.16. The van der Waals surface area contributed by atoms with E-state index in [1.807, 2.05) is 18.3 Å². The molecule has 4 nitrogen and oxygen atoms in total. The fourth-order valence-corrected chi connectivity index (χ4v) is 2.17. The van der Waals surface area contributed by atoms with Gasteiger partial charge in [0.1, 0.15) is 11.3 Å². The topological polar surface area (TPSA) is 56.7 Å². The summed E-state index contributed by atoms with van der Waals surface area (Å²) in [6.45, 7) is 10.8. The summed E-state index contributed by atoms with van der Waals surface area (Å²) < 4.78 is 2.20. The zero-order chi connectivity index (χ0) is 14.2. The monoisotopic (exact) mass is 260 g/mol. The summed E-state index contributed by atoms with van der Waals surface area (Å²) in [7, 11) is 0. The third-order valence-electron chi connectivity index (χ3n) is 3.55. The standard InChI is InChI=1S/C15H24N4/c1-10(2)19-13(9-12(16)15(3,4)5)18-11-7-6-8-17-14(11)19/h6-8,10,12H,9,16H2,1-5H3. The lowest BCUT2D eigenvalue weighted by Gasteiger charge is -2.27. The van der Waals surface area contributed by atoms with Crippen LogP contribution in [0, 0.1) is 5.41 Å². The number of hydrogen-bond donors (Lipinski definition) is 1. The van der Waals surface area contributed by atoms with Crippen LogP contribution in [0.15, 0.2) is 18.3 Å². The largest absolute Gasteiger partial charge is 0.327 e. The first-order valence-electron chi connectivity index (χ1n) is 6.88. The van der Waals surface area contributed by atoms with Gasteiger partial charge in [0, 0.05) is 24.7 Å². The van der Waals surface area contributed by atoms with Gasteiger partial charge >= 0.3 is 0 Å². The van der Waals surface area contributed by atoms with Crippen molar-refractivity contribution in [3.63, 3.8) is 0 Å². The molecular formula is C15H24N4. The molecule has 0 saturated heterocycles. The second-order valence-electron chi connectivity index (χ2n) is 6.51. The number of nitrogens with two attached hydrogens (primary N) is 1. The van der Waals surface area contributed by atoms with Gasteiger partial charge in [0.05, 0.1) is 0 Å². The summed E-state index contributed by atoms with van der Waals surface area (Å²) in [5, 5.41) is 0. The van der Waals surface area contributed by atoms with Gasteiger partial charge in [-0.15, -0.1) is 0 Å². The molecule has 1 unspecified atom stereocenters. The van der Waals surface area contributed by atoms with E-state index in [0.717, 1.165) is 23.4 Å². The minimum Gasteiger partial charge on any atom is -0.327 e. The van der Waals surface area contributed by atoms with Crippen molar-refractivity contribution in [2.24, 2.45) is 11.1 Å². The van der Waals surface area contributed by atoms with E-state index in [0.29, 0.717) is 6.04 Å². The average Bonchev–Trinajstić information content (AvgIpc) is 2.65. The molecule has 0 bridgehead atoms. The van der Waals surface area contributed by atoms with Crippen molar-refractivity contribution < 1.29 is 0 Å². The Labute approximate surface area is 115 Å². The lowest BCUT2D eigenvalue weighted by atomic mass is 9.85. The molecule has 2 heterocycles. The Morgan fingerprint density at radius 2 is 2.00 bits per heavy atom. The Kier molecular flexibility index (Phi) is 3.63. The van der Waals surface area contributed by atoms with Crippen molar-refractivity contribution in [2.75, 3.05) is 0 Å². The SMILES string of the molecule is CC(C)n1c(CC(N)C(C)(C)C)nc2cccnc21. The van der Waals surface area contributed by atoms with Gasteiger partial charge in [-0.05, 0) is 31.4 Å². The highest BCUT2D eigenvalue weighted by molar-refractivity contribution is 5.71. The van der Waals surface area contributed by atoms with Crippen LogP contribution in [0.5, 0.6) is 0 Å². The molecule has 0 aromatic carbocycles. The molecule has 0 aliphatic rings. The van der Waals surface area contributed by atoms with Gasteiger partial charge in [0.15, 0.2) is 5.65 Å². The smallest absolute Gasteiger partial charge is 0.160 e. The van der Waals surface area contributed by atoms with E-state index in [-0.39, 0.29) is 11.5 Å². The van der Waals surface area contributed by atoms with Gasteiger partial charge in [0.2, 0.25) is 0 Å².